The predicted octanol–water partition coefficient (Wildman–Crippen LogP) is 1.78. The van der Waals surface area contributed by atoms with Gasteiger partial charge in [0.05, 0.1) is 18.7 Å². The van der Waals surface area contributed by atoms with Crippen LogP contribution in [0, 0.1) is 13.8 Å². The maximum absolute atomic E-state index is 12.7. The number of ether oxygens (including phenoxy) is 1. The average molecular weight is 315 g/mol. The second-order valence-electron chi connectivity index (χ2n) is 5.79. The number of carbonyl (C=O) groups excluding carboxylic acids is 1. The van der Waals surface area contributed by atoms with Gasteiger partial charge in [0.1, 0.15) is 11.6 Å². The first-order valence-corrected chi connectivity index (χ1v) is 7.77. The van der Waals surface area contributed by atoms with Gasteiger partial charge in [-0.25, -0.2) is 14.6 Å². The first kappa shape index (κ1) is 15.5. The number of rotatable bonds is 3. The fraction of sp³-hybridized carbons (Fsp3) is 0.500. The Morgan fingerprint density at radius 2 is 2.17 bits per heavy atom. The second kappa shape index (κ2) is 6.36. The lowest BCUT2D eigenvalue weighted by atomic mass is 10.0. The summed E-state index contributed by atoms with van der Waals surface area (Å²) in [5.74, 6) is 2.17. The molecule has 1 atom stereocenters. The molecule has 0 N–H and O–H groups in total. The number of nitrogens with zero attached hydrogens (tertiary/aromatic N) is 5. The maximum Gasteiger partial charge on any atom is 0.255 e. The Kier molecular flexibility index (Phi) is 4.27. The standard InChI is InChI=1S/C16H21N5O2/c1-11-18-12(2)21(19-11)14-5-4-8-20(10-14)16(22)13-6-7-15(23-3)17-9-13/h6-7,9,14H,4-5,8,10H2,1-3H3. The Balaban J connectivity index is 1.74. The van der Waals surface area contributed by atoms with Gasteiger partial charge in [-0.3, -0.25) is 4.79 Å². The molecule has 23 heavy (non-hydrogen) atoms. The van der Waals surface area contributed by atoms with Crippen LogP contribution >= 0.6 is 0 Å². The molecule has 3 rings (SSSR count). The van der Waals surface area contributed by atoms with Crippen molar-refractivity contribution in [3.63, 3.8) is 0 Å². The number of methoxy groups -OCH3 is 1. The van der Waals surface area contributed by atoms with Crippen LogP contribution < -0.4 is 4.74 Å². The zero-order valence-corrected chi connectivity index (χ0v) is 13.7. The summed E-state index contributed by atoms with van der Waals surface area (Å²) in [6.07, 6.45) is 3.53. The van der Waals surface area contributed by atoms with Crippen molar-refractivity contribution in [1.82, 2.24) is 24.6 Å². The number of aromatic nitrogens is 4. The Labute approximate surface area is 135 Å². The van der Waals surface area contributed by atoms with Gasteiger partial charge >= 0.3 is 0 Å². The van der Waals surface area contributed by atoms with Gasteiger partial charge in [-0.15, -0.1) is 0 Å². The van der Waals surface area contributed by atoms with E-state index in [0.717, 1.165) is 31.0 Å². The van der Waals surface area contributed by atoms with Crippen LogP contribution in [0.15, 0.2) is 18.3 Å². The molecule has 1 saturated heterocycles. The third-order valence-electron chi connectivity index (χ3n) is 4.13. The highest BCUT2D eigenvalue weighted by atomic mass is 16.5. The van der Waals surface area contributed by atoms with Crippen molar-refractivity contribution in [2.24, 2.45) is 0 Å². The van der Waals surface area contributed by atoms with Crippen LogP contribution in [0.5, 0.6) is 5.88 Å². The lowest BCUT2D eigenvalue weighted by Gasteiger charge is -2.33. The van der Waals surface area contributed by atoms with E-state index in [1.54, 1.807) is 25.4 Å². The van der Waals surface area contributed by atoms with Gasteiger partial charge in [-0.05, 0) is 32.8 Å². The van der Waals surface area contributed by atoms with E-state index in [1.165, 1.54) is 0 Å². The molecular formula is C16H21N5O2. The third kappa shape index (κ3) is 3.18. The molecule has 7 heteroatoms. The van der Waals surface area contributed by atoms with Gasteiger partial charge in [0.25, 0.3) is 5.91 Å². The highest BCUT2D eigenvalue weighted by Crippen LogP contribution is 2.23. The van der Waals surface area contributed by atoms with Gasteiger partial charge in [0, 0.05) is 25.4 Å². The molecule has 1 amide bonds. The first-order valence-electron chi connectivity index (χ1n) is 7.77. The van der Waals surface area contributed by atoms with Crippen LogP contribution in [0.4, 0.5) is 0 Å². The molecule has 7 nitrogen and oxygen atoms in total. The largest absolute Gasteiger partial charge is 0.481 e. The SMILES string of the molecule is COc1ccc(C(=O)N2CCCC(n3nc(C)nc3C)C2)cn1. The minimum Gasteiger partial charge on any atom is -0.481 e. The first-order chi connectivity index (χ1) is 11.1. The van der Waals surface area contributed by atoms with Crippen LogP contribution in [0.25, 0.3) is 0 Å². The van der Waals surface area contributed by atoms with E-state index >= 15 is 0 Å². The van der Waals surface area contributed by atoms with Crippen molar-refractivity contribution in [1.29, 1.82) is 0 Å². The highest BCUT2D eigenvalue weighted by Gasteiger charge is 2.27. The van der Waals surface area contributed by atoms with E-state index in [4.69, 9.17) is 4.74 Å². The molecule has 3 heterocycles. The number of carbonyl (C=O) groups is 1. The molecule has 0 bridgehead atoms. The Bertz CT molecular complexity index is 695. The molecule has 1 unspecified atom stereocenters. The topological polar surface area (TPSA) is 73.1 Å². The number of hydrogen-bond donors (Lipinski definition) is 0. The van der Waals surface area contributed by atoms with Crippen LogP contribution in [0.1, 0.15) is 40.9 Å². The molecule has 0 radical (unpaired) electrons. The van der Waals surface area contributed by atoms with E-state index < -0.39 is 0 Å². The van der Waals surface area contributed by atoms with Gasteiger partial charge in [0.15, 0.2) is 0 Å². The molecule has 122 valence electrons. The summed E-state index contributed by atoms with van der Waals surface area (Å²) in [6, 6.07) is 3.64. The lowest BCUT2D eigenvalue weighted by Crippen LogP contribution is -2.41. The molecule has 2 aromatic rings. The van der Waals surface area contributed by atoms with Crippen molar-refractivity contribution in [2.45, 2.75) is 32.7 Å². The molecule has 2 aromatic heterocycles. The van der Waals surface area contributed by atoms with Crippen LogP contribution in [-0.4, -0.2) is 50.8 Å². The molecular weight excluding hydrogens is 294 g/mol. The summed E-state index contributed by atoms with van der Waals surface area (Å²) in [7, 11) is 1.56. The smallest absolute Gasteiger partial charge is 0.255 e. The van der Waals surface area contributed by atoms with Crippen molar-refractivity contribution in [3.05, 3.63) is 35.5 Å². The average Bonchev–Trinajstić information content (AvgIpc) is 2.93. The summed E-state index contributed by atoms with van der Waals surface area (Å²) in [4.78, 5) is 23.0. The Hall–Kier alpha value is -2.44. The summed E-state index contributed by atoms with van der Waals surface area (Å²) in [5, 5.41) is 4.46. The van der Waals surface area contributed by atoms with E-state index in [2.05, 4.69) is 15.1 Å². The van der Waals surface area contributed by atoms with Crippen molar-refractivity contribution in [3.8, 4) is 5.88 Å². The minimum atomic E-state index is -0.000608. The molecule has 0 aliphatic carbocycles. The maximum atomic E-state index is 12.7. The van der Waals surface area contributed by atoms with Gasteiger partial charge < -0.3 is 9.64 Å². The molecule has 1 fully saturated rings. The Morgan fingerprint density at radius 1 is 1.35 bits per heavy atom. The van der Waals surface area contributed by atoms with Crippen LogP contribution in [-0.2, 0) is 0 Å². The van der Waals surface area contributed by atoms with E-state index in [1.807, 2.05) is 23.4 Å². The third-order valence-corrected chi connectivity index (χ3v) is 4.13. The van der Waals surface area contributed by atoms with Crippen molar-refractivity contribution < 1.29 is 9.53 Å². The van der Waals surface area contributed by atoms with E-state index in [9.17, 15) is 4.79 Å². The zero-order valence-electron chi connectivity index (χ0n) is 13.7. The molecule has 1 aliphatic heterocycles. The quantitative estimate of drug-likeness (QED) is 0.863. The van der Waals surface area contributed by atoms with E-state index in [0.29, 0.717) is 18.0 Å². The van der Waals surface area contributed by atoms with Crippen molar-refractivity contribution >= 4 is 5.91 Å². The molecule has 0 aromatic carbocycles. The number of pyridine rings is 1. The minimum absolute atomic E-state index is 0.000608. The summed E-state index contributed by atoms with van der Waals surface area (Å²) < 4.78 is 6.98. The molecule has 0 spiro atoms. The molecule has 0 saturated carbocycles. The number of hydrogen-bond acceptors (Lipinski definition) is 5. The number of likely N-dealkylation sites (tertiary alicyclic amines) is 1. The van der Waals surface area contributed by atoms with Gasteiger partial charge in [0.2, 0.25) is 5.88 Å². The van der Waals surface area contributed by atoms with Crippen molar-refractivity contribution in [2.75, 3.05) is 20.2 Å². The predicted molar refractivity (Wildman–Crippen MR) is 84.5 cm³/mol. The number of aryl methyl sites for hydroxylation is 2. The fourth-order valence-electron chi connectivity index (χ4n) is 3.03. The number of amides is 1. The number of piperidine rings is 1. The normalized spacial score (nSPS) is 18.0. The van der Waals surface area contributed by atoms with E-state index in [-0.39, 0.29) is 11.9 Å². The summed E-state index contributed by atoms with van der Waals surface area (Å²) >= 11 is 0. The summed E-state index contributed by atoms with van der Waals surface area (Å²) in [6.45, 7) is 5.25. The Morgan fingerprint density at radius 3 is 2.78 bits per heavy atom. The lowest BCUT2D eigenvalue weighted by molar-refractivity contribution is 0.0670. The monoisotopic (exact) mass is 315 g/mol. The van der Waals surface area contributed by atoms with Gasteiger partial charge in [-0.1, -0.05) is 0 Å². The second-order valence-corrected chi connectivity index (χ2v) is 5.79. The van der Waals surface area contributed by atoms with Gasteiger partial charge in [-0.2, -0.15) is 5.10 Å². The van der Waals surface area contributed by atoms with Crippen LogP contribution in [0.2, 0.25) is 0 Å². The zero-order chi connectivity index (χ0) is 16.4. The molecule has 1 aliphatic rings. The summed E-state index contributed by atoms with van der Waals surface area (Å²) in [5.41, 5.74) is 0.581. The van der Waals surface area contributed by atoms with Crippen LogP contribution in [0.3, 0.4) is 0 Å². The fourth-order valence-corrected chi connectivity index (χ4v) is 3.03. The highest BCUT2D eigenvalue weighted by molar-refractivity contribution is 5.94.